The molecule has 25 heavy (non-hydrogen) atoms. The summed E-state index contributed by atoms with van der Waals surface area (Å²) in [5, 5.41) is 2.92. The topological polar surface area (TPSA) is 65.2 Å². The Kier molecular flexibility index (Phi) is 6.01. The van der Waals surface area contributed by atoms with Crippen LogP contribution < -0.4 is 10.9 Å². The van der Waals surface area contributed by atoms with Crippen LogP contribution in [0.1, 0.15) is 41.7 Å². The first-order valence-corrected chi connectivity index (χ1v) is 8.98. The molecule has 132 valence electrons. The van der Waals surface area contributed by atoms with Gasteiger partial charge in [-0.2, -0.15) is 0 Å². The molecule has 1 atom stereocenters. The highest BCUT2D eigenvalue weighted by Crippen LogP contribution is 2.21. The van der Waals surface area contributed by atoms with Crippen molar-refractivity contribution in [1.29, 1.82) is 0 Å². The number of benzene rings is 1. The zero-order valence-corrected chi connectivity index (χ0v) is 14.4. The predicted octanol–water partition coefficient (Wildman–Crippen LogP) is 2.55. The molecule has 0 aliphatic carbocycles. The first kappa shape index (κ1) is 17.4. The molecule has 1 amide bonds. The number of aromatic amines is 1. The fourth-order valence-electron chi connectivity index (χ4n) is 3.44. The van der Waals surface area contributed by atoms with Crippen LogP contribution in [0.25, 0.3) is 0 Å². The summed E-state index contributed by atoms with van der Waals surface area (Å²) in [6.07, 6.45) is 4.58. The van der Waals surface area contributed by atoms with Gasteiger partial charge in [-0.05, 0) is 37.4 Å². The molecule has 0 spiro atoms. The Bertz CT molecular complexity index is 742. The van der Waals surface area contributed by atoms with Crippen LogP contribution in [-0.4, -0.2) is 34.9 Å². The Morgan fingerprint density at radius 2 is 1.96 bits per heavy atom. The summed E-state index contributed by atoms with van der Waals surface area (Å²) in [6, 6.07) is 15.6. The van der Waals surface area contributed by atoms with Crippen molar-refractivity contribution in [2.75, 3.05) is 13.1 Å². The smallest absolute Gasteiger partial charge is 0.267 e. The van der Waals surface area contributed by atoms with E-state index in [2.05, 4.69) is 39.5 Å². The molecule has 3 rings (SSSR count). The van der Waals surface area contributed by atoms with Crippen molar-refractivity contribution in [2.24, 2.45) is 0 Å². The summed E-state index contributed by atoms with van der Waals surface area (Å²) >= 11 is 0. The molecule has 1 fully saturated rings. The number of likely N-dealkylation sites (tertiary alicyclic amines) is 1. The molecule has 5 nitrogen and oxygen atoms in total. The second-order valence-electron chi connectivity index (χ2n) is 6.58. The maximum Gasteiger partial charge on any atom is 0.267 e. The lowest BCUT2D eigenvalue weighted by Crippen LogP contribution is -2.41. The van der Waals surface area contributed by atoms with Gasteiger partial charge in [0.05, 0.1) is 0 Å². The van der Waals surface area contributed by atoms with Crippen LogP contribution in [-0.2, 0) is 6.54 Å². The molecule has 1 aliphatic rings. The SMILES string of the molecule is O=C(NCCC1CCCCN1Cc1ccccc1)c1cccc(=O)[nH]1. The summed E-state index contributed by atoms with van der Waals surface area (Å²) in [6.45, 7) is 2.69. The minimum absolute atomic E-state index is 0.219. The fraction of sp³-hybridized carbons (Fsp3) is 0.400. The van der Waals surface area contributed by atoms with Crippen molar-refractivity contribution in [3.8, 4) is 0 Å². The number of pyridine rings is 1. The van der Waals surface area contributed by atoms with E-state index in [0.717, 1.165) is 19.5 Å². The number of piperidine rings is 1. The first-order valence-electron chi connectivity index (χ1n) is 8.98. The highest BCUT2D eigenvalue weighted by Gasteiger charge is 2.22. The molecule has 1 aromatic carbocycles. The summed E-state index contributed by atoms with van der Waals surface area (Å²) in [5.41, 5.74) is 1.39. The van der Waals surface area contributed by atoms with Crippen molar-refractivity contribution in [3.05, 3.63) is 70.1 Å². The number of nitrogens with one attached hydrogen (secondary N) is 2. The maximum absolute atomic E-state index is 12.1. The fourth-order valence-corrected chi connectivity index (χ4v) is 3.44. The van der Waals surface area contributed by atoms with Crippen LogP contribution in [0, 0.1) is 0 Å². The normalized spacial score (nSPS) is 18.0. The van der Waals surface area contributed by atoms with Gasteiger partial charge in [0.1, 0.15) is 5.69 Å². The van der Waals surface area contributed by atoms with Crippen LogP contribution >= 0.6 is 0 Å². The average molecular weight is 339 g/mol. The lowest BCUT2D eigenvalue weighted by atomic mass is 9.98. The highest BCUT2D eigenvalue weighted by molar-refractivity contribution is 5.92. The van der Waals surface area contributed by atoms with E-state index in [0.29, 0.717) is 18.3 Å². The van der Waals surface area contributed by atoms with Crippen LogP contribution in [0.4, 0.5) is 0 Å². The van der Waals surface area contributed by atoms with Gasteiger partial charge in [0, 0.05) is 25.2 Å². The van der Waals surface area contributed by atoms with E-state index in [9.17, 15) is 9.59 Å². The van der Waals surface area contributed by atoms with Crippen LogP contribution in [0.15, 0.2) is 53.3 Å². The van der Waals surface area contributed by atoms with E-state index in [1.54, 1.807) is 12.1 Å². The molecule has 1 unspecified atom stereocenters. The zero-order chi connectivity index (χ0) is 17.5. The van der Waals surface area contributed by atoms with Crippen molar-refractivity contribution in [3.63, 3.8) is 0 Å². The average Bonchev–Trinajstić information content (AvgIpc) is 2.64. The van der Waals surface area contributed by atoms with Gasteiger partial charge < -0.3 is 10.3 Å². The molecule has 5 heteroatoms. The second kappa shape index (κ2) is 8.62. The quantitative estimate of drug-likeness (QED) is 0.850. The molecule has 1 aromatic heterocycles. The van der Waals surface area contributed by atoms with Gasteiger partial charge in [0.25, 0.3) is 5.91 Å². The molecule has 0 bridgehead atoms. The number of amides is 1. The number of rotatable bonds is 6. The molecule has 1 saturated heterocycles. The summed E-state index contributed by atoms with van der Waals surface area (Å²) in [7, 11) is 0. The van der Waals surface area contributed by atoms with Crippen molar-refractivity contribution >= 4 is 5.91 Å². The van der Waals surface area contributed by atoms with E-state index in [1.807, 2.05) is 6.07 Å². The lowest BCUT2D eigenvalue weighted by Gasteiger charge is -2.36. The zero-order valence-electron chi connectivity index (χ0n) is 14.4. The molecule has 0 saturated carbocycles. The monoisotopic (exact) mass is 339 g/mol. The molecule has 2 aromatic rings. The van der Waals surface area contributed by atoms with Gasteiger partial charge in [-0.25, -0.2) is 0 Å². The van der Waals surface area contributed by atoms with Gasteiger partial charge >= 0.3 is 0 Å². The molecule has 1 aliphatic heterocycles. The number of hydrogen-bond acceptors (Lipinski definition) is 3. The Morgan fingerprint density at radius 1 is 1.12 bits per heavy atom. The highest BCUT2D eigenvalue weighted by atomic mass is 16.2. The Morgan fingerprint density at radius 3 is 2.76 bits per heavy atom. The number of aromatic nitrogens is 1. The van der Waals surface area contributed by atoms with Crippen molar-refractivity contribution < 1.29 is 4.79 Å². The van der Waals surface area contributed by atoms with Gasteiger partial charge in [0.15, 0.2) is 0 Å². The van der Waals surface area contributed by atoms with Crippen molar-refractivity contribution in [1.82, 2.24) is 15.2 Å². The Labute approximate surface area is 148 Å². The van der Waals surface area contributed by atoms with Crippen LogP contribution in [0.3, 0.4) is 0 Å². The third kappa shape index (κ3) is 5.03. The van der Waals surface area contributed by atoms with Gasteiger partial charge in [0.2, 0.25) is 5.56 Å². The number of H-pyrrole nitrogens is 1. The molecular formula is C20H25N3O2. The van der Waals surface area contributed by atoms with Crippen molar-refractivity contribution in [2.45, 2.75) is 38.3 Å². The summed E-state index contributed by atoms with van der Waals surface area (Å²) in [5.74, 6) is -0.219. The van der Waals surface area contributed by atoms with Gasteiger partial charge in [-0.1, -0.05) is 42.8 Å². The van der Waals surface area contributed by atoms with E-state index in [-0.39, 0.29) is 11.5 Å². The minimum Gasteiger partial charge on any atom is -0.351 e. The minimum atomic E-state index is -0.256. The van der Waals surface area contributed by atoms with E-state index >= 15 is 0 Å². The second-order valence-corrected chi connectivity index (χ2v) is 6.58. The molecular weight excluding hydrogens is 314 g/mol. The van der Waals surface area contributed by atoms with E-state index in [4.69, 9.17) is 0 Å². The first-order chi connectivity index (χ1) is 12.2. The Balaban J connectivity index is 1.52. The third-order valence-corrected chi connectivity index (χ3v) is 4.75. The lowest BCUT2D eigenvalue weighted by molar-refractivity contribution is 0.0932. The Hall–Kier alpha value is -2.40. The summed E-state index contributed by atoms with van der Waals surface area (Å²) in [4.78, 5) is 28.5. The predicted molar refractivity (Wildman–Crippen MR) is 98.5 cm³/mol. The standard InChI is InChI=1S/C20H25N3O2/c24-19-11-6-10-18(22-19)20(25)21-13-12-17-9-4-5-14-23(17)15-16-7-2-1-3-8-16/h1-3,6-8,10-11,17H,4-5,9,12-15H2,(H,21,25)(H,22,24). The van der Waals surface area contributed by atoms with E-state index in [1.165, 1.54) is 30.9 Å². The molecule has 2 N–H and O–H groups in total. The number of hydrogen-bond donors (Lipinski definition) is 2. The maximum atomic E-state index is 12.1. The molecule has 2 heterocycles. The van der Waals surface area contributed by atoms with Gasteiger partial charge in [-0.15, -0.1) is 0 Å². The van der Waals surface area contributed by atoms with Gasteiger partial charge in [-0.3, -0.25) is 14.5 Å². The largest absolute Gasteiger partial charge is 0.351 e. The summed E-state index contributed by atoms with van der Waals surface area (Å²) < 4.78 is 0. The molecule has 0 radical (unpaired) electrons. The van der Waals surface area contributed by atoms with Crippen LogP contribution in [0.2, 0.25) is 0 Å². The number of carbonyl (C=O) groups excluding carboxylic acids is 1. The number of carbonyl (C=O) groups is 1. The third-order valence-electron chi connectivity index (χ3n) is 4.75. The van der Waals surface area contributed by atoms with E-state index < -0.39 is 0 Å². The van der Waals surface area contributed by atoms with Crippen LogP contribution in [0.5, 0.6) is 0 Å². The number of nitrogens with zero attached hydrogens (tertiary/aromatic N) is 1.